The number of nitrogens with zero attached hydrogens (tertiary/aromatic N) is 2. The second-order valence-corrected chi connectivity index (χ2v) is 7.89. The van der Waals surface area contributed by atoms with Crippen LogP contribution < -0.4 is 10.1 Å². The summed E-state index contributed by atoms with van der Waals surface area (Å²) in [7, 11) is 1.68. The van der Waals surface area contributed by atoms with Gasteiger partial charge in [0.2, 0.25) is 5.91 Å². The molecule has 0 bridgehead atoms. The summed E-state index contributed by atoms with van der Waals surface area (Å²) in [5.41, 5.74) is 2.64. The minimum Gasteiger partial charge on any atom is -0.497 e. The molecule has 30 heavy (non-hydrogen) atoms. The van der Waals surface area contributed by atoms with Gasteiger partial charge in [0.15, 0.2) is 0 Å². The van der Waals surface area contributed by atoms with Gasteiger partial charge >= 0.3 is 0 Å². The summed E-state index contributed by atoms with van der Waals surface area (Å²) < 4.78 is 5.21. The molecule has 1 heterocycles. The Labute approximate surface area is 177 Å². The van der Waals surface area contributed by atoms with Crippen molar-refractivity contribution in [3.05, 3.63) is 63.7 Å². The first kappa shape index (κ1) is 21.8. The number of hydrogen-bond donors (Lipinski definition) is 1. The smallest absolute Gasteiger partial charge is 0.271 e. The summed E-state index contributed by atoms with van der Waals surface area (Å²) in [5.74, 6) is 1.43. The molecule has 0 atom stereocenters. The zero-order chi connectivity index (χ0) is 21.5. The molecule has 7 heteroatoms. The maximum atomic E-state index is 12.3. The maximum Gasteiger partial charge on any atom is 0.271 e. The van der Waals surface area contributed by atoms with Crippen LogP contribution in [0.2, 0.25) is 0 Å². The van der Waals surface area contributed by atoms with Gasteiger partial charge in [0.05, 0.1) is 17.7 Å². The van der Waals surface area contributed by atoms with Crippen LogP contribution in [0.3, 0.4) is 0 Å². The van der Waals surface area contributed by atoms with E-state index in [9.17, 15) is 14.9 Å². The SMILES string of the molecule is COc1ccc(CC2CCN(CCC(=O)Nc3cc([N+](=O)[O-])ccc3C)CC2)cc1. The van der Waals surface area contributed by atoms with Crippen LogP contribution in [0.4, 0.5) is 11.4 Å². The van der Waals surface area contributed by atoms with Crippen molar-refractivity contribution < 1.29 is 14.5 Å². The van der Waals surface area contributed by atoms with Crippen LogP contribution in [0.15, 0.2) is 42.5 Å². The number of hydrogen-bond acceptors (Lipinski definition) is 5. The van der Waals surface area contributed by atoms with Crippen LogP contribution in [0.5, 0.6) is 5.75 Å². The molecule has 1 saturated heterocycles. The van der Waals surface area contributed by atoms with Crippen molar-refractivity contribution in [1.29, 1.82) is 0 Å². The number of ether oxygens (including phenoxy) is 1. The van der Waals surface area contributed by atoms with Crippen LogP contribution in [-0.2, 0) is 11.2 Å². The molecular weight excluding hydrogens is 382 g/mol. The number of amides is 1. The number of carbonyl (C=O) groups excluding carboxylic acids is 1. The zero-order valence-electron chi connectivity index (χ0n) is 17.6. The van der Waals surface area contributed by atoms with Gasteiger partial charge in [-0.15, -0.1) is 0 Å². The number of rotatable bonds is 8. The first-order chi connectivity index (χ1) is 14.4. The molecule has 0 radical (unpaired) electrons. The molecule has 2 aromatic rings. The molecule has 1 aliphatic heterocycles. The monoisotopic (exact) mass is 411 g/mol. The number of aryl methyl sites for hydroxylation is 1. The number of nitro groups is 1. The Bertz CT molecular complexity index is 875. The van der Waals surface area contributed by atoms with Crippen LogP contribution >= 0.6 is 0 Å². The maximum absolute atomic E-state index is 12.3. The molecule has 1 aliphatic rings. The van der Waals surface area contributed by atoms with Gasteiger partial charge in [-0.25, -0.2) is 0 Å². The average Bonchev–Trinajstić information content (AvgIpc) is 2.75. The summed E-state index contributed by atoms with van der Waals surface area (Å²) in [6.45, 7) is 4.51. The Morgan fingerprint density at radius 1 is 1.20 bits per heavy atom. The number of carbonyl (C=O) groups is 1. The van der Waals surface area contributed by atoms with Crippen molar-refractivity contribution >= 4 is 17.3 Å². The van der Waals surface area contributed by atoms with Crippen molar-refractivity contribution in [2.45, 2.75) is 32.6 Å². The van der Waals surface area contributed by atoms with Crippen molar-refractivity contribution in [2.24, 2.45) is 5.92 Å². The summed E-state index contributed by atoms with van der Waals surface area (Å²) in [5, 5.41) is 13.7. The van der Waals surface area contributed by atoms with Gasteiger partial charge in [0.25, 0.3) is 5.69 Å². The van der Waals surface area contributed by atoms with Gasteiger partial charge in [0, 0.05) is 25.1 Å². The van der Waals surface area contributed by atoms with Gasteiger partial charge in [-0.1, -0.05) is 18.2 Å². The number of likely N-dealkylation sites (tertiary alicyclic amines) is 1. The molecule has 0 spiro atoms. The molecule has 2 aromatic carbocycles. The summed E-state index contributed by atoms with van der Waals surface area (Å²) in [4.78, 5) is 25.1. The highest BCUT2D eigenvalue weighted by atomic mass is 16.6. The third-order valence-electron chi connectivity index (χ3n) is 5.75. The number of nitrogens with one attached hydrogen (secondary N) is 1. The Kier molecular flexibility index (Phi) is 7.41. The van der Waals surface area contributed by atoms with E-state index in [0.717, 1.165) is 43.7 Å². The number of benzene rings is 2. The van der Waals surface area contributed by atoms with Gasteiger partial charge < -0.3 is 15.0 Å². The third kappa shape index (κ3) is 6.03. The fraction of sp³-hybridized carbons (Fsp3) is 0.435. The van der Waals surface area contributed by atoms with Gasteiger partial charge in [-0.2, -0.15) is 0 Å². The molecule has 1 fully saturated rings. The predicted octanol–water partition coefficient (Wildman–Crippen LogP) is 4.20. The van der Waals surface area contributed by atoms with Crippen molar-refractivity contribution in [1.82, 2.24) is 4.90 Å². The molecule has 1 amide bonds. The summed E-state index contributed by atoms with van der Waals surface area (Å²) in [6.07, 6.45) is 3.70. The lowest BCUT2D eigenvalue weighted by Crippen LogP contribution is -2.36. The van der Waals surface area contributed by atoms with Crippen molar-refractivity contribution in [3.8, 4) is 5.75 Å². The highest BCUT2D eigenvalue weighted by molar-refractivity contribution is 5.92. The molecule has 3 rings (SSSR count). The number of methoxy groups -OCH3 is 1. The number of piperidine rings is 1. The van der Waals surface area contributed by atoms with E-state index in [4.69, 9.17) is 4.74 Å². The van der Waals surface area contributed by atoms with E-state index >= 15 is 0 Å². The fourth-order valence-corrected chi connectivity index (χ4v) is 3.84. The number of anilines is 1. The Morgan fingerprint density at radius 2 is 1.90 bits per heavy atom. The second-order valence-electron chi connectivity index (χ2n) is 7.89. The zero-order valence-corrected chi connectivity index (χ0v) is 17.6. The summed E-state index contributed by atoms with van der Waals surface area (Å²) >= 11 is 0. The second kappa shape index (κ2) is 10.2. The van der Waals surface area contributed by atoms with E-state index in [1.54, 1.807) is 13.2 Å². The van der Waals surface area contributed by atoms with Crippen LogP contribution in [0.1, 0.15) is 30.4 Å². The molecule has 7 nitrogen and oxygen atoms in total. The topological polar surface area (TPSA) is 84.7 Å². The molecule has 160 valence electrons. The highest BCUT2D eigenvalue weighted by Gasteiger charge is 2.20. The average molecular weight is 412 g/mol. The molecular formula is C23H29N3O4. The van der Waals surface area contributed by atoms with E-state index in [1.165, 1.54) is 17.7 Å². The lowest BCUT2D eigenvalue weighted by atomic mass is 9.90. The van der Waals surface area contributed by atoms with E-state index < -0.39 is 4.92 Å². The standard InChI is InChI=1S/C23H29N3O4/c1-17-3-6-20(26(28)29)16-22(17)24-23(27)11-14-25-12-9-19(10-13-25)15-18-4-7-21(30-2)8-5-18/h3-8,16,19H,9-15H2,1-2H3,(H,24,27). The molecule has 0 aromatic heterocycles. The lowest BCUT2D eigenvalue weighted by Gasteiger charge is -2.31. The molecule has 0 aliphatic carbocycles. The molecule has 1 N–H and O–H groups in total. The largest absolute Gasteiger partial charge is 0.497 e. The van der Waals surface area contributed by atoms with Gasteiger partial charge in [0.1, 0.15) is 5.75 Å². The first-order valence-electron chi connectivity index (χ1n) is 10.3. The minimum atomic E-state index is -0.453. The fourth-order valence-electron chi connectivity index (χ4n) is 3.84. The quantitative estimate of drug-likeness (QED) is 0.520. The van der Waals surface area contributed by atoms with E-state index in [0.29, 0.717) is 24.6 Å². The number of nitro benzene ring substituents is 1. The molecule has 0 saturated carbocycles. The van der Waals surface area contributed by atoms with E-state index in [-0.39, 0.29) is 11.6 Å². The first-order valence-corrected chi connectivity index (χ1v) is 10.3. The minimum absolute atomic E-state index is 0.0187. The van der Waals surface area contributed by atoms with Gasteiger partial charge in [-0.3, -0.25) is 14.9 Å². The Morgan fingerprint density at radius 3 is 2.53 bits per heavy atom. The Balaban J connectivity index is 1.41. The van der Waals surface area contributed by atoms with Crippen molar-refractivity contribution in [2.75, 3.05) is 32.1 Å². The van der Waals surface area contributed by atoms with Crippen LogP contribution in [-0.4, -0.2) is 42.5 Å². The van der Waals surface area contributed by atoms with E-state index in [2.05, 4.69) is 22.3 Å². The van der Waals surface area contributed by atoms with E-state index in [1.807, 2.05) is 19.1 Å². The Hall–Kier alpha value is -2.93. The van der Waals surface area contributed by atoms with Crippen LogP contribution in [0.25, 0.3) is 0 Å². The number of non-ortho nitro benzene ring substituents is 1. The summed E-state index contributed by atoms with van der Waals surface area (Å²) in [6, 6.07) is 12.8. The van der Waals surface area contributed by atoms with Crippen LogP contribution in [0, 0.1) is 23.0 Å². The normalized spacial score (nSPS) is 15.0. The lowest BCUT2D eigenvalue weighted by molar-refractivity contribution is -0.384. The third-order valence-corrected chi connectivity index (χ3v) is 5.75. The highest BCUT2D eigenvalue weighted by Crippen LogP contribution is 2.24. The predicted molar refractivity (Wildman–Crippen MR) is 117 cm³/mol. The van der Waals surface area contributed by atoms with Crippen molar-refractivity contribution in [3.63, 3.8) is 0 Å². The molecule has 0 unspecified atom stereocenters. The van der Waals surface area contributed by atoms with Gasteiger partial charge in [-0.05, 0) is 68.5 Å².